The molecular formula is C23H19FN4O4S3. The van der Waals surface area contributed by atoms with E-state index < -0.39 is 31.1 Å². The maximum atomic E-state index is 13.5. The molecule has 0 bridgehead atoms. The van der Waals surface area contributed by atoms with Crippen LogP contribution in [0.2, 0.25) is 0 Å². The monoisotopic (exact) mass is 530 g/mol. The van der Waals surface area contributed by atoms with Crippen LogP contribution in [0.4, 0.5) is 10.1 Å². The number of halogens is 1. The second-order valence-corrected chi connectivity index (χ2v) is 13.3. The van der Waals surface area contributed by atoms with Crippen LogP contribution in [-0.2, 0) is 20.0 Å². The summed E-state index contributed by atoms with van der Waals surface area (Å²) in [6.45, 7) is -0.104. The Labute approximate surface area is 207 Å². The number of benzene rings is 2. The van der Waals surface area contributed by atoms with E-state index in [-0.39, 0.29) is 24.5 Å². The molecule has 0 atom stereocenters. The summed E-state index contributed by atoms with van der Waals surface area (Å²) in [6, 6.07) is 13.5. The minimum absolute atomic E-state index is 0.0780. The molecule has 1 aromatic heterocycles. The maximum Gasteiger partial charge on any atom is 0.243 e. The fraction of sp³-hybridized carbons (Fsp3) is 0.217. The van der Waals surface area contributed by atoms with Gasteiger partial charge in [-0.15, -0.1) is 11.8 Å². The Morgan fingerprint density at radius 1 is 1.00 bits per heavy atom. The number of anilines is 1. The zero-order valence-corrected chi connectivity index (χ0v) is 20.7. The third kappa shape index (κ3) is 4.18. The molecule has 0 radical (unpaired) electrons. The summed E-state index contributed by atoms with van der Waals surface area (Å²) in [4.78, 5) is 4.96. The third-order valence-electron chi connectivity index (χ3n) is 6.01. The summed E-state index contributed by atoms with van der Waals surface area (Å²) >= 11 is 1.53. The second kappa shape index (κ2) is 8.91. The van der Waals surface area contributed by atoms with Crippen molar-refractivity contribution in [3.8, 4) is 17.2 Å². The van der Waals surface area contributed by atoms with Crippen molar-refractivity contribution >= 4 is 37.5 Å². The van der Waals surface area contributed by atoms with E-state index in [0.717, 1.165) is 32.5 Å². The van der Waals surface area contributed by atoms with E-state index in [1.54, 1.807) is 30.5 Å². The smallest absolute Gasteiger partial charge is 0.243 e. The summed E-state index contributed by atoms with van der Waals surface area (Å²) in [5.41, 5.74) is 2.57. The third-order valence-corrected chi connectivity index (χ3v) is 11.1. The van der Waals surface area contributed by atoms with Crippen molar-refractivity contribution in [2.75, 3.05) is 29.7 Å². The van der Waals surface area contributed by atoms with Gasteiger partial charge in [-0.05, 0) is 42.0 Å². The Bertz CT molecular complexity index is 1530. The highest BCUT2D eigenvalue weighted by atomic mass is 32.2. The first-order valence-corrected chi connectivity index (χ1v) is 14.5. The number of pyridine rings is 1. The van der Waals surface area contributed by atoms with E-state index in [1.165, 1.54) is 34.4 Å². The quantitative estimate of drug-likeness (QED) is 0.498. The highest BCUT2D eigenvalue weighted by Gasteiger charge is 2.47. The molecule has 0 spiro atoms. The minimum Gasteiger partial charge on any atom is -0.266 e. The standard InChI is InChI=1S/C23H19FN4O4S3/c24-18-5-7-19(8-6-18)34(29,30)27-14-20(15-27)35(31,32)28-9-10-33-23-21(12-26-13-22(23)28)17-3-1-16(11-25)2-4-17/h1-8,12-13,20H,9-10,14-15H2. The first-order chi connectivity index (χ1) is 16.7. The first kappa shape index (κ1) is 23.7. The summed E-state index contributed by atoms with van der Waals surface area (Å²) in [6.07, 6.45) is 3.18. The van der Waals surface area contributed by atoms with Gasteiger partial charge in [-0.3, -0.25) is 9.29 Å². The van der Waals surface area contributed by atoms with Crippen LogP contribution in [0.15, 0.2) is 70.7 Å². The fourth-order valence-electron chi connectivity index (χ4n) is 4.03. The number of hydrogen-bond acceptors (Lipinski definition) is 7. The number of aromatic nitrogens is 1. The van der Waals surface area contributed by atoms with E-state index in [2.05, 4.69) is 11.1 Å². The predicted molar refractivity (Wildman–Crippen MR) is 130 cm³/mol. The average Bonchev–Trinajstić information content (AvgIpc) is 2.82. The predicted octanol–water partition coefficient (Wildman–Crippen LogP) is 3.07. The van der Waals surface area contributed by atoms with Crippen LogP contribution < -0.4 is 4.31 Å². The molecule has 35 heavy (non-hydrogen) atoms. The van der Waals surface area contributed by atoms with Gasteiger partial charge in [0.1, 0.15) is 11.1 Å². The number of nitrogens with zero attached hydrogens (tertiary/aromatic N) is 4. The van der Waals surface area contributed by atoms with Gasteiger partial charge in [0.2, 0.25) is 20.0 Å². The number of rotatable bonds is 5. The van der Waals surface area contributed by atoms with Gasteiger partial charge < -0.3 is 0 Å². The Kier molecular flexibility index (Phi) is 6.04. The molecule has 12 heteroatoms. The number of thioether (sulfide) groups is 1. The van der Waals surface area contributed by atoms with Crippen molar-refractivity contribution in [3.63, 3.8) is 0 Å². The summed E-state index contributed by atoms with van der Waals surface area (Å²) in [5, 5.41) is 8.15. The van der Waals surface area contributed by atoms with E-state index in [1.807, 2.05) is 0 Å². The van der Waals surface area contributed by atoms with Gasteiger partial charge in [0.25, 0.3) is 0 Å². The van der Waals surface area contributed by atoms with Crippen LogP contribution in [0.25, 0.3) is 11.1 Å². The molecule has 1 fully saturated rings. The lowest BCUT2D eigenvalue weighted by atomic mass is 10.1. The molecule has 3 heterocycles. The lowest BCUT2D eigenvalue weighted by Crippen LogP contribution is -2.60. The lowest BCUT2D eigenvalue weighted by molar-refractivity contribution is 0.309. The molecule has 0 amide bonds. The normalized spacial score (nSPS) is 16.9. The van der Waals surface area contributed by atoms with Crippen molar-refractivity contribution in [2.24, 2.45) is 0 Å². The lowest BCUT2D eigenvalue weighted by Gasteiger charge is -2.41. The van der Waals surface area contributed by atoms with Crippen LogP contribution in [0.5, 0.6) is 0 Å². The van der Waals surface area contributed by atoms with Gasteiger partial charge in [0.05, 0.1) is 28.4 Å². The summed E-state index contributed by atoms with van der Waals surface area (Å²) < 4.78 is 68.1. The van der Waals surface area contributed by atoms with E-state index in [4.69, 9.17) is 5.26 Å². The van der Waals surface area contributed by atoms with Crippen molar-refractivity contribution in [1.82, 2.24) is 9.29 Å². The van der Waals surface area contributed by atoms with E-state index >= 15 is 0 Å². The van der Waals surface area contributed by atoms with Crippen molar-refractivity contribution in [2.45, 2.75) is 15.0 Å². The van der Waals surface area contributed by atoms with Crippen LogP contribution in [0.3, 0.4) is 0 Å². The molecule has 180 valence electrons. The SMILES string of the molecule is N#Cc1ccc(-c2cncc3c2SCCN3S(=O)(=O)C2CN(S(=O)(=O)c3ccc(F)cc3)C2)cc1. The van der Waals surface area contributed by atoms with Crippen molar-refractivity contribution in [1.29, 1.82) is 5.26 Å². The fourth-order valence-corrected chi connectivity index (χ4v) is 8.90. The largest absolute Gasteiger partial charge is 0.266 e. The number of hydrogen-bond donors (Lipinski definition) is 0. The van der Waals surface area contributed by atoms with Crippen LogP contribution in [0.1, 0.15) is 5.56 Å². The highest BCUT2D eigenvalue weighted by molar-refractivity contribution is 8.00. The van der Waals surface area contributed by atoms with Crippen LogP contribution >= 0.6 is 11.8 Å². The van der Waals surface area contributed by atoms with E-state index in [0.29, 0.717) is 17.0 Å². The average molecular weight is 531 g/mol. The molecule has 8 nitrogen and oxygen atoms in total. The molecule has 0 N–H and O–H groups in total. The minimum atomic E-state index is -3.91. The van der Waals surface area contributed by atoms with Gasteiger partial charge in [0.15, 0.2) is 0 Å². The molecule has 0 aliphatic carbocycles. The van der Waals surface area contributed by atoms with Crippen molar-refractivity contribution < 1.29 is 21.2 Å². The van der Waals surface area contributed by atoms with Gasteiger partial charge in [-0.25, -0.2) is 21.2 Å². The van der Waals surface area contributed by atoms with E-state index in [9.17, 15) is 21.2 Å². The summed E-state index contributed by atoms with van der Waals surface area (Å²) in [7, 11) is -7.77. The maximum absolute atomic E-state index is 13.5. The molecule has 2 aliphatic heterocycles. The van der Waals surface area contributed by atoms with Crippen LogP contribution in [0, 0.1) is 17.1 Å². The molecular weight excluding hydrogens is 511 g/mol. The zero-order chi connectivity index (χ0) is 24.8. The summed E-state index contributed by atoms with van der Waals surface area (Å²) in [5.74, 6) is -0.0206. The molecule has 3 aromatic rings. The number of sulfonamides is 2. The van der Waals surface area contributed by atoms with Crippen molar-refractivity contribution in [3.05, 3.63) is 72.3 Å². The molecule has 5 rings (SSSR count). The molecule has 1 saturated heterocycles. The van der Waals surface area contributed by atoms with Crippen LogP contribution in [-0.4, -0.2) is 56.8 Å². The Balaban J connectivity index is 1.40. The molecule has 2 aromatic carbocycles. The number of nitriles is 1. The Morgan fingerprint density at radius 2 is 1.69 bits per heavy atom. The Hall–Kier alpha value is -2.98. The van der Waals surface area contributed by atoms with Gasteiger partial charge >= 0.3 is 0 Å². The Morgan fingerprint density at radius 3 is 2.34 bits per heavy atom. The highest BCUT2D eigenvalue weighted by Crippen LogP contribution is 2.43. The molecule has 0 unspecified atom stereocenters. The van der Waals surface area contributed by atoms with Gasteiger partial charge in [-0.2, -0.15) is 9.57 Å². The topological polar surface area (TPSA) is 111 Å². The first-order valence-electron chi connectivity index (χ1n) is 10.6. The van der Waals surface area contributed by atoms with Gasteiger partial charge in [0, 0.05) is 42.0 Å². The van der Waals surface area contributed by atoms with Gasteiger partial charge in [-0.1, -0.05) is 12.1 Å². The zero-order valence-electron chi connectivity index (χ0n) is 18.2. The number of fused-ring (bicyclic) bond motifs is 1. The molecule has 0 saturated carbocycles. The molecule has 2 aliphatic rings. The second-order valence-electron chi connectivity index (χ2n) is 8.09.